The predicted molar refractivity (Wildman–Crippen MR) is 142 cm³/mol. The molecule has 0 bridgehead atoms. The second kappa shape index (κ2) is 10.2. The van der Waals surface area contributed by atoms with Crippen LogP contribution in [0.1, 0.15) is 51.7 Å². The molecule has 7 heteroatoms. The maximum Gasteiger partial charge on any atom is 0.268 e. The summed E-state index contributed by atoms with van der Waals surface area (Å²) in [6, 6.07) is 21.1. The van der Waals surface area contributed by atoms with Gasteiger partial charge in [-0.15, -0.1) is 0 Å². The number of hydrogen-bond donors (Lipinski definition) is 2. The van der Waals surface area contributed by atoms with Gasteiger partial charge in [-0.2, -0.15) is 0 Å². The van der Waals surface area contributed by atoms with Crippen LogP contribution in [0.25, 0.3) is 10.9 Å². The van der Waals surface area contributed by atoms with Gasteiger partial charge in [0.25, 0.3) is 11.8 Å². The Hall–Kier alpha value is -3.97. The fraction of sp³-hybridized carbons (Fsp3) is 0.267. The summed E-state index contributed by atoms with van der Waals surface area (Å²) in [6.45, 7) is 5.74. The molecule has 1 atom stereocenters. The van der Waals surface area contributed by atoms with E-state index in [9.17, 15) is 14.0 Å². The minimum absolute atomic E-state index is 0.175. The standard InChI is InChI=1S/C30H30FN3O3/c1-20-6-3-7-21(14-20)18-34-26-11-10-25(33-28(35)22-8-4-9-24(31)15-22)16-23(26)17-27(34)29(36)32-19-30(2)12-5-13-37-30/h3-4,6-11,14-17H,5,12-13,18-19H2,1-2H3,(H,32,36)(H,33,35)/t30-/m0/s1. The number of hydrogen-bond acceptors (Lipinski definition) is 3. The highest BCUT2D eigenvalue weighted by Crippen LogP contribution is 2.27. The Morgan fingerprint density at radius 2 is 1.86 bits per heavy atom. The first kappa shape index (κ1) is 24.7. The van der Waals surface area contributed by atoms with Gasteiger partial charge in [0.05, 0.1) is 5.60 Å². The molecular formula is C30H30FN3O3. The van der Waals surface area contributed by atoms with Crippen molar-refractivity contribution in [2.45, 2.75) is 38.8 Å². The molecule has 2 heterocycles. The normalized spacial score (nSPS) is 17.2. The van der Waals surface area contributed by atoms with Crippen molar-refractivity contribution < 1.29 is 18.7 Å². The molecule has 0 saturated carbocycles. The first-order valence-electron chi connectivity index (χ1n) is 12.5. The molecule has 1 aliphatic rings. The summed E-state index contributed by atoms with van der Waals surface area (Å²) in [7, 11) is 0. The topological polar surface area (TPSA) is 72.4 Å². The molecule has 6 nitrogen and oxygen atoms in total. The monoisotopic (exact) mass is 499 g/mol. The van der Waals surface area contributed by atoms with E-state index in [-0.39, 0.29) is 17.1 Å². The minimum Gasteiger partial charge on any atom is -0.373 e. The fourth-order valence-electron chi connectivity index (χ4n) is 4.87. The maximum atomic E-state index is 13.6. The molecule has 37 heavy (non-hydrogen) atoms. The Morgan fingerprint density at radius 3 is 2.62 bits per heavy atom. The molecule has 3 aromatic carbocycles. The first-order chi connectivity index (χ1) is 17.8. The Kier molecular flexibility index (Phi) is 6.80. The van der Waals surface area contributed by atoms with Crippen molar-refractivity contribution in [2.24, 2.45) is 0 Å². The molecule has 0 spiro atoms. The average Bonchev–Trinajstić information content (AvgIpc) is 3.46. The number of carbonyl (C=O) groups is 2. The van der Waals surface area contributed by atoms with Crippen LogP contribution >= 0.6 is 0 Å². The van der Waals surface area contributed by atoms with E-state index >= 15 is 0 Å². The van der Waals surface area contributed by atoms with Gasteiger partial charge in [-0.1, -0.05) is 35.9 Å². The molecule has 4 aromatic rings. The van der Waals surface area contributed by atoms with E-state index in [0.29, 0.717) is 31.1 Å². The predicted octanol–water partition coefficient (Wildman–Crippen LogP) is 5.69. The van der Waals surface area contributed by atoms with Crippen LogP contribution in [-0.2, 0) is 11.3 Å². The molecule has 1 aromatic heterocycles. The van der Waals surface area contributed by atoms with Crippen LogP contribution in [0.3, 0.4) is 0 Å². The number of anilines is 1. The van der Waals surface area contributed by atoms with Crippen LogP contribution in [0.2, 0.25) is 0 Å². The summed E-state index contributed by atoms with van der Waals surface area (Å²) in [5.41, 5.74) is 4.09. The van der Waals surface area contributed by atoms with E-state index in [1.165, 1.54) is 18.2 Å². The zero-order valence-electron chi connectivity index (χ0n) is 21.0. The van der Waals surface area contributed by atoms with Crippen molar-refractivity contribution in [3.8, 4) is 0 Å². The number of aryl methyl sites for hydroxylation is 1. The third-order valence-corrected chi connectivity index (χ3v) is 6.83. The lowest BCUT2D eigenvalue weighted by Crippen LogP contribution is -2.40. The summed E-state index contributed by atoms with van der Waals surface area (Å²) in [5, 5.41) is 6.71. The van der Waals surface area contributed by atoms with Gasteiger partial charge in [0.2, 0.25) is 0 Å². The summed E-state index contributed by atoms with van der Waals surface area (Å²) in [4.78, 5) is 26.0. The third kappa shape index (κ3) is 5.57. The summed E-state index contributed by atoms with van der Waals surface area (Å²) in [6.07, 6.45) is 1.90. The second-order valence-corrected chi connectivity index (χ2v) is 9.93. The van der Waals surface area contributed by atoms with E-state index in [1.54, 1.807) is 12.1 Å². The summed E-state index contributed by atoms with van der Waals surface area (Å²) in [5.74, 6) is -1.05. The number of ether oxygens (including phenoxy) is 1. The molecule has 0 unspecified atom stereocenters. The number of amides is 2. The maximum absolute atomic E-state index is 13.6. The van der Waals surface area contributed by atoms with Gasteiger partial charge in [-0.3, -0.25) is 9.59 Å². The molecule has 2 N–H and O–H groups in total. The van der Waals surface area contributed by atoms with Crippen molar-refractivity contribution in [2.75, 3.05) is 18.5 Å². The zero-order chi connectivity index (χ0) is 26.0. The van der Waals surface area contributed by atoms with E-state index in [4.69, 9.17) is 4.74 Å². The van der Waals surface area contributed by atoms with Gasteiger partial charge < -0.3 is 19.9 Å². The van der Waals surface area contributed by atoms with Crippen LogP contribution in [0.5, 0.6) is 0 Å². The van der Waals surface area contributed by atoms with Crippen LogP contribution in [0, 0.1) is 12.7 Å². The number of nitrogens with one attached hydrogen (secondary N) is 2. The summed E-state index contributed by atoms with van der Waals surface area (Å²) >= 11 is 0. The molecule has 1 saturated heterocycles. The van der Waals surface area contributed by atoms with Gasteiger partial charge >= 0.3 is 0 Å². The van der Waals surface area contributed by atoms with E-state index < -0.39 is 11.7 Å². The molecule has 5 rings (SSSR count). The Balaban J connectivity index is 1.45. The lowest BCUT2D eigenvalue weighted by Gasteiger charge is -2.23. The molecule has 1 fully saturated rings. The average molecular weight is 500 g/mol. The molecule has 2 amide bonds. The van der Waals surface area contributed by atoms with E-state index in [1.807, 2.05) is 54.8 Å². The SMILES string of the molecule is Cc1cccc(Cn2c(C(=O)NC[C@]3(C)CCCO3)cc3cc(NC(=O)c4cccc(F)c4)ccc32)c1. The highest BCUT2D eigenvalue weighted by molar-refractivity contribution is 6.06. The van der Waals surface area contributed by atoms with Crippen molar-refractivity contribution in [3.63, 3.8) is 0 Å². The number of nitrogens with zero attached hydrogens (tertiary/aromatic N) is 1. The van der Waals surface area contributed by atoms with E-state index in [0.717, 1.165) is 34.9 Å². The molecular weight excluding hydrogens is 469 g/mol. The lowest BCUT2D eigenvalue weighted by atomic mass is 10.0. The highest BCUT2D eigenvalue weighted by Gasteiger charge is 2.30. The van der Waals surface area contributed by atoms with Crippen LogP contribution in [0.15, 0.2) is 72.8 Å². The van der Waals surface area contributed by atoms with Gasteiger partial charge in [-0.25, -0.2) is 4.39 Å². The fourth-order valence-corrected chi connectivity index (χ4v) is 4.87. The number of rotatable bonds is 7. The lowest BCUT2D eigenvalue weighted by molar-refractivity contribution is 0.0205. The van der Waals surface area contributed by atoms with Crippen molar-refractivity contribution >= 4 is 28.4 Å². The van der Waals surface area contributed by atoms with Crippen LogP contribution < -0.4 is 10.6 Å². The van der Waals surface area contributed by atoms with Gasteiger partial charge in [0.1, 0.15) is 11.5 Å². The number of aromatic nitrogens is 1. The Morgan fingerprint density at radius 1 is 1.03 bits per heavy atom. The highest BCUT2D eigenvalue weighted by atomic mass is 19.1. The second-order valence-electron chi connectivity index (χ2n) is 9.93. The first-order valence-corrected chi connectivity index (χ1v) is 12.5. The quantitative estimate of drug-likeness (QED) is 0.343. The Bertz CT molecular complexity index is 1470. The minimum atomic E-state index is -0.469. The third-order valence-electron chi connectivity index (χ3n) is 6.83. The number of fused-ring (bicyclic) bond motifs is 1. The molecule has 0 radical (unpaired) electrons. The number of carbonyl (C=O) groups excluding carboxylic acids is 2. The Labute approximate surface area is 215 Å². The van der Waals surface area contributed by atoms with Gasteiger partial charge in [0.15, 0.2) is 0 Å². The molecule has 190 valence electrons. The van der Waals surface area contributed by atoms with Gasteiger partial charge in [-0.05, 0) is 74.7 Å². The van der Waals surface area contributed by atoms with Crippen LogP contribution in [0.4, 0.5) is 10.1 Å². The summed E-state index contributed by atoms with van der Waals surface area (Å²) < 4.78 is 21.4. The van der Waals surface area contributed by atoms with E-state index in [2.05, 4.69) is 16.7 Å². The molecule has 0 aliphatic carbocycles. The van der Waals surface area contributed by atoms with Crippen molar-refractivity contribution in [1.82, 2.24) is 9.88 Å². The molecule has 1 aliphatic heterocycles. The van der Waals surface area contributed by atoms with Crippen molar-refractivity contribution in [1.29, 1.82) is 0 Å². The number of benzene rings is 3. The number of halogens is 1. The van der Waals surface area contributed by atoms with Crippen LogP contribution in [-0.4, -0.2) is 35.1 Å². The largest absolute Gasteiger partial charge is 0.373 e. The van der Waals surface area contributed by atoms with Crippen molar-refractivity contribution in [3.05, 3.63) is 101 Å². The van der Waals surface area contributed by atoms with Gasteiger partial charge in [0, 0.05) is 41.9 Å². The smallest absolute Gasteiger partial charge is 0.268 e. The zero-order valence-corrected chi connectivity index (χ0v) is 21.0.